The Morgan fingerprint density at radius 3 is 1.86 bits per heavy atom. The average Bonchev–Trinajstić information content (AvgIpc) is 2.40. The smallest absolute Gasteiger partial charge is 0.348 e. The van der Waals surface area contributed by atoms with Crippen LogP contribution in [0.25, 0.3) is 0 Å². The van der Waals surface area contributed by atoms with Gasteiger partial charge in [-0.25, -0.2) is 0 Å². The van der Waals surface area contributed by atoms with Gasteiger partial charge in [0.15, 0.2) is 0 Å². The molecule has 0 spiro atoms. The van der Waals surface area contributed by atoms with E-state index in [1.165, 1.54) is 6.07 Å². The fourth-order valence-electron chi connectivity index (χ4n) is 1.05. The van der Waals surface area contributed by atoms with E-state index in [9.17, 15) is 18.0 Å². The van der Waals surface area contributed by atoms with Crippen LogP contribution in [0, 0.1) is 6.92 Å². The van der Waals surface area contributed by atoms with Gasteiger partial charge in [0.1, 0.15) is 0 Å². The van der Waals surface area contributed by atoms with Crippen LogP contribution in [0.15, 0.2) is 18.3 Å². The third-order valence-corrected chi connectivity index (χ3v) is 2.19. The molecule has 7 heteroatoms. The molecule has 0 fully saturated rings. The first-order valence-corrected chi connectivity index (χ1v) is 6.88. The van der Waals surface area contributed by atoms with E-state index in [2.05, 4.69) is 4.98 Å². The van der Waals surface area contributed by atoms with Crippen LogP contribution in [0.2, 0.25) is 0 Å². The van der Waals surface area contributed by atoms with Gasteiger partial charge in [-0.2, -0.15) is 13.2 Å². The summed E-state index contributed by atoms with van der Waals surface area (Å²) in [4.78, 5) is 17.8. The van der Waals surface area contributed by atoms with Gasteiger partial charge in [-0.3, -0.25) is 9.78 Å². The minimum Gasteiger partial charge on any atom is -0.348 e. The predicted octanol–water partition coefficient (Wildman–Crippen LogP) is 3.07. The third kappa shape index (κ3) is 11.1. The maximum atomic E-state index is 11.9. The van der Waals surface area contributed by atoms with Crippen LogP contribution >= 0.6 is 0 Å². The number of alkyl halides is 3. The van der Waals surface area contributed by atoms with E-state index in [-0.39, 0.29) is 5.91 Å². The van der Waals surface area contributed by atoms with Crippen LogP contribution in [0.3, 0.4) is 0 Å². The van der Waals surface area contributed by atoms with Crippen LogP contribution < -0.4 is 0 Å². The first-order chi connectivity index (χ1) is 10.0. The number of aromatic nitrogens is 1. The molecule has 1 amide bonds. The van der Waals surface area contributed by atoms with Crippen molar-refractivity contribution in [2.75, 3.05) is 34.7 Å². The number of likely N-dealkylation sites (N-methyl/N-ethyl adjacent to an activating group) is 2. The Kier molecular flexibility index (Phi) is 11.3. The zero-order valence-corrected chi connectivity index (χ0v) is 14.3. The Balaban J connectivity index is 0. The molecule has 0 radical (unpaired) electrons. The van der Waals surface area contributed by atoms with Crippen LogP contribution in [-0.2, 0) is 11.0 Å². The van der Waals surface area contributed by atoms with E-state index in [1.54, 1.807) is 25.9 Å². The van der Waals surface area contributed by atoms with Crippen molar-refractivity contribution < 1.29 is 18.0 Å². The number of hydrogen-bond acceptors (Lipinski definition) is 3. The van der Waals surface area contributed by atoms with E-state index in [0.29, 0.717) is 12.2 Å². The van der Waals surface area contributed by atoms with Gasteiger partial charge in [0.05, 0.1) is 12.1 Å². The molecule has 1 aromatic rings. The second-order valence-electron chi connectivity index (χ2n) is 4.71. The summed E-state index contributed by atoms with van der Waals surface area (Å²) in [6.45, 7) is 6.13. The van der Waals surface area contributed by atoms with Gasteiger partial charge in [0.2, 0.25) is 5.91 Å². The van der Waals surface area contributed by atoms with Gasteiger partial charge in [-0.05, 0) is 33.2 Å². The molecule has 0 unspecified atom stereocenters. The second kappa shape index (κ2) is 11.0. The highest BCUT2D eigenvalue weighted by Crippen LogP contribution is 2.28. The van der Waals surface area contributed by atoms with Crippen LogP contribution in [-0.4, -0.2) is 55.4 Å². The monoisotopic (exact) mass is 321 g/mol. The van der Waals surface area contributed by atoms with E-state index >= 15 is 0 Å². The van der Waals surface area contributed by atoms with Gasteiger partial charge in [-0.1, -0.05) is 13.8 Å². The average molecular weight is 321 g/mol. The van der Waals surface area contributed by atoms with E-state index in [4.69, 9.17) is 0 Å². The van der Waals surface area contributed by atoms with Gasteiger partial charge < -0.3 is 9.80 Å². The number of pyridine rings is 1. The third-order valence-electron chi connectivity index (χ3n) is 2.19. The number of hydrogen-bond donors (Lipinski definition) is 0. The molecular formula is C15H26F3N3O. The van der Waals surface area contributed by atoms with Crippen LogP contribution in [0.1, 0.15) is 25.1 Å². The highest BCUT2D eigenvalue weighted by Gasteiger charge is 2.30. The van der Waals surface area contributed by atoms with E-state index < -0.39 is 11.7 Å². The summed E-state index contributed by atoms with van der Waals surface area (Å²) in [6.07, 6.45) is -3.45. The van der Waals surface area contributed by atoms with Gasteiger partial charge in [-0.15, -0.1) is 0 Å². The summed E-state index contributed by atoms with van der Waals surface area (Å²) in [5.74, 6) is 0.139. The number of nitrogens with zero attached hydrogens (tertiary/aromatic N) is 3. The minimum atomic E-state index is -4.28. The van der Waals surface area contributed by atoms with Gasteiger partial charge in [0, 0.05) is 26.0 Å². The Hall–Kier alpha value is -1.63. The topological polar surface area (TPSA) is 36.4 Å². The predicted molar refractivity (Wildman–Crippen MR) is 82.6 cm³/mol. The molecule has 1 heterocycles. The summed E-state index contributed by atoms with van der Waals surface area (Å²) in [6, 6.07) is 2.35. The molecule has 0 saturated heterocycles. The van der Waals surface area contributed by atoms with E-state index in [1.807, 2.05) is 32.8 Å². The number of carbonyl (C=O) groups is 1. The molecule has 0 N–H and O–H groups in total. The summed E-state index contributed by atoms with van der Waals surface area (Å²) in [5, 5.41) is 0. The molecular weight excluding hydrogens is 295 g/mol. The molecule has 0 atom stereocenters. The lowest BCUT2D eigenvalue weighted by atomic mass is 10.2. The number of carbonyl (C=O) groups excluding carboxylic acids is 1. The van der Waals surface area contributed by atoms with Crippen molar-refractivity contribution in [3.63, 3.8) is 0 Å². The molecule has 0 aliphatic carbocycles. The van der Waals surface area contributed by atoms with Crippen molar-refractivity contribution in [1.29, 1.82) is 0 Å². The van der Waals surface area contributed by atoms with Crippen molar-refractivity contribution in [3.05, 3.63) is 29.6 Å². The number of rotatable bonds is 2. The standard InChI is InChI=1S/C7H6F3N.C6H14N2O.C2H6/c1-5-2-3-6(4-11-5)7(8,9)10;1-7(2)5-6(9)8(3)4;1-2/h2-4H,1H3;5H2,1-4H3;1-2H3. The number of halogens is 3. The lowest BCUT2D eigenvalue weighted by Gasteiger charge is -2.13. The van der Waals surface area contributed by atoms with Crippen molar-refractivity contribution >= 4 is 5.91 Å². The van der Waals surface area contributed by atoms with Gasteiger partial charge in [0.25, 0.3) is 0 Å². The fourth-order valence-corrected chi connectivity index (χ4v) is 1.05. The highest BCUT2D eigenvalue weighted by molar-refractivity contribution is 5.77. The zero-order chi connectivity index (χ0) is 17.9. The van der Waals surface area contributed by atoms with Crippen molar-refractivity contribution in [3.8, 4) is 0 Å². The van der Waals surface area contributed by atoms with Gasteiger partial charge >= 0.3 is 6.18 Å². The molecule has 0 bridgehead atoms. The molecule has 0 aromatic carbocycles. The summed E-state index contributed by atoms with van der Waals surface area (Å²) < 4.78 is 35.6. The molecule has 0 saturated carbocycles. The lowest BCUT2D eigenvalue weighted by Crippen LogP contribution is -2.32. The molecule has 128 valence electrons. The quantitative estimate of drug-likeness (QED) is 0.840. The lowest BCUT2D eigenvalue weighted by molar-refractivity contribution is -0.137. The Bertz CT molecular complexity index is 415. The second-order valence-corrected chi connectivity index (χ2v) is 4.71. The Labute approximate surface area is 130 Å². The molecule has 0 aliphatic heterocycles. The number of amides is 1. The normalized spacial score (nSPS) is 10.1. The van der Waals surface area contributed by atoms with E-state index in [0.717, 1.165) is 12.3 Å². The first-order valence-electron chi connectivity index (χ1n) is 6.88. The molecule has 0 aliphatic rings. The number of aryl methyl sites for hydroxylation is 1. The largest absolute Gasteiger partial charge is 0.417 e. The molecule has 1 aromatic heterocycles. The highest BCUT2D eigenvalue weighted by atomic mass is 19.4. The van der Waals surface area contributed by atoms with Crippen molar-refractivity contribution in [2.45, 2.75) is 26.9 Å². The minimum absolute atomic E-state index is 0.139. The van der Waals surface area contributed by atoms with Crippen LogP contribution in [0.4, 0.5) is 13.2 Å². The summed E-state index contributed by atoms with van der Waals surface area (Å²) >= 11 is 0. The summed E-state index contributed by atoms with van der Waals surface area (Å²) in [7, 11) is 7.26. The van der Waals surface area contributed by atoms with Crippen molar-refractivity contribution in [1.82, 2.24) is 14.8 Å². The Morgan fingerprint density at radius 1 is 1.14 bits per heavy atom. The van der Waals surface area contributed by atoms with Crippen LogP contribution in [0.5, 0.6) is 0 Å². The molecule has 1 rings (SSSR count). The molecule has 22 heavy (non-hydrogen) atoms. The molecule has 4 nitrogen and oxygen atoms in total. The summed E-state index contributed by atoms with van der Waals surface area (Å²) in [5.41, 5.74) is -0.124. The maximum Gasteiger partial charge on any atom is 0.417 e. The zero-order valence-electron chi connectivity index (χ0n) is 14.3. The maximum absolute atomic E-state index is 11.9. The fraction of sp³-hybridized carbons (Fsp3) is 0.600. The Morgan fingerprint density at radius 2 is 1.64 bits per heavy atom. The first kappa shape index (κ1) is 22.6. The SMILES string of the molecule is CC.CN(C)CC(=O)N(C)C.Cc1ccc(C(F)(F)F)cn1. The van der Waals surface area contributed by atoms with Crippen molar-refractivity contribution in [2.24, 2.45) is 0 Å².